The van der Waals surface area contributed by atoms with Gasteiger partial charge in [-0.2, -0.15) is 0 Å². The minimum atomic E-state index is -0.290. The third kappa shape index (κ3) is 2.82. The van der Waals surface area contributed by atoms with Crippen molar-refractivity contribution in [1.82, 2.24) is 0 Å². The molecule has 6 N–H and O–H groups in total. The summed E-state index contributed by atoms with van der Waals surface area (Å²) in [4.78, 5) is 0.666. The van der Waals surface area contributed by atoms with Gasteiger partial charge in [0, 0.05) is 16.3 Å². The third-order valence-corrected chi connectivity index (χ3v) is 3.41. The fourth-order valence-electron chi connectivity index (χ4n) is 0.963. The van der Waals surface area contributed by atoms with Crippen molar-refractivity contribution < 1.29 is 0 Å². The van der Waals surface area contributed by atoms with Crippen LogP contribution in [0.15, 0.2) is 23.1 Å². The van der Waals surface area contributed by atoms with Gasteiger partial charge in [-0.3, -0.25) is 0 Å². The molecule has 0 saturated carbocycles. The molecule has 1 aromatic rings. The van der Waals surface area contributed by atoms with Crippen LogP contribution >= 0.6 is 11.8 Å². The molecule has 4 heteroatoms. The first-order chi connectivity index (χ1) is 6.44. The van der Waals surface area contributed by atoms with Crippen molar-refractivity contribution in [3.8, 4) is 0 Å². The minimum Gasteiger partial charge on any atom is -0.399 e. The molecule has 14 heavy (non-hydrogen) atoms. The molecular formula is C10H17N3S. The van der Waals surface area contributed by atoms with Crippen LogP contribution in [0.1, 0.15) is 20.3 Å². The van der Waals surface area contributed by atoms with Crippen molar-refractivity contribution in [3.05, 3.63) is 18.2 Å². The van der Waals surface area contributed by atoms with Crippen molar-refractivity contribution in [2.45, 2.75) is 30.0 Å². The molecule has 78 valence electrons. The summed E-state index contributed by atoms with van der Waals surface area (Å²) in [6, 6.07) is 5.46. The average Bonchev–Trinajstić information content (AvgIpc) is 2.11. The Morgan fingerprint density at radius 3 is 2.57 bits per heavy atom. The summed E-state index contributed by atoms with van der Waals surface area (Å²) < 4.78 is 0. The number of anilines is 2. The molecule has 0 radical (unpaired) electrons. The normalized spacial score (nSPS) is 15.1. The molecule has 3 nitrogen and oxygen atoms in total. The second kappa shape index (κ2) is 4.11. The van der Waals surface area contributed by atoms with E-state index in [2.05, 4.69) is 6.92 Å². The number of rotatable bonds is 3. The Hall–Kier alpha value is -0.870. The highest BCUT2D eigenvalue weighted by molar-refractivity contribution is 8.00. The Morgan fingerprint density at radius 1 is 1.36 bits per heavy atom. The van der Waals surface area contributed by atoms with Gasteiger partial charge in [-0.05, 0) is 31.5 Å². The predicted molar refractivity (Wildman–Crippen MR) is 64.0 cm³/mol. The van der Waals surface area contributed by atoms with Gasteiger partial charge in [-0.15, -0.1) is 11.8 Å². The second-order valence-electron chi connectivity index (χ2n) is 3.57. The highest BCUT2D eigenvalue weighted by Crippen LogP contribution is 2.35. The fourth-order valence-corrected chi connectivity index (χ4v) is 1.99. The van der Waals surface area contributed by atoms with Gasteiger partial charge in [0.2, 0.25) is 0 Å². The zero-order chi connectivity index (χ0) is 10.8. The summed E-state index contributed by atoms with van der Waals surface area (Å²) in [6.07, 6.45) is 0.881. The van der Waals surface area contributed by atoms with Gasteiger partial charge >= 0.3 is 0 Å². The van der Waals surface area contributed by atoms with Crippen molar-refractivity contribution in [1.29, 1.82) is 0 Å². The molecule has 0 amide bonds. The Labute approximate surface area is 89.0 Å². The number of nitrogens with two attached hydrogens (primary N) is 3. The summed E-state index contributed by atoms with van der Waals surface area (Å²) >= 11 is 1.56. The predicted octanol–water partition coefficient (Wildman–Crippen LogP) is 2.03. The van der Waals surface area contributed by atoms with Crippen molar-refractivity contribution >= 4 is 23.1 Å². The van der Waals surface area contributed by atoms with Gasteiger partial charge in [-0.1, -0.05) is 6.92 Å². The highest BCUT2D eigenvalue weighted by atomic mass is 32.2. The molecule has 0 aromatic heterocycles. The Bertz CT molecular complexity index is 323. The zero-order valence-corrected chi connectivity index (χ0v) is 9.40. The summed E-state index contributed by atoms with van der Waals surface area (Å²) in [7, 11) is 0. The lowest BCUT2D eigenvalue weighted by atomic mass is 10.3. The summed E-state index contributed by atoms with van der Waals surface area (Å²) in [6.45, 7) is 4.04. The van der Waals surface area contributed by atoms with Gasteiger partial charge in [0.1, 0.15) is 0 Å². The first-order valence-corrected chi connectivity index (χ1v) is 5.39. The van der Waals surface area contributed by atoms with Gasteiger partial charge in [0.15, 0.2) is 0 Å². The van der Waals surface area contributed by atoms with E-state index in [9.17, 15) is 0 Å². The van der Waals surface area contributed by atoms with Crippen molar-refractivity contribution in [3.63, 3.8) is 0 Å². The summed E-state index contributed by atoms with van der Waals surface area (Å²) in [5.74, 6) is 0. The Morgan fingerprint density at radius 2 is 2.00 bits per heavy atom. The lowest BCUT2D eigenvalue weighted by Crippen LogP contribution is -2.30. The summed E-state index contributed by atoms with van der Waals surface area (Å²) in [5.41, 5.74) is 19.0. The van der Waals surface area contributed by atoms with Gasteiger partial charge in [-0.25, -0.2) is 0 Å². The average molecular weight is 211 g/mol. The maximum Gasteiger partial charge on any atom is 0.0636 e. The monoisotopic (exact) mass is 211 g/mol. The van der Waals surface area contributed by atoms with Crippen LogP contribution in [0.3, 0.4) is 0 Å². The molecule has 0 aliphatic heterocycles. The third-order valence-electron chi connectivity index (χ3n) is 2.08. The van der Waals surface area contributed by atoms with E-state index in [1.165, 1.54) is 0 Å². The zero-order valence-electron chi connectivity index (χ0n) is 8.58. The van der Waals surface area contributed by atoms with Crippen LogP contribution in [0.2, 0.25) is 0 Å². The van der Waals surface area contributed by atoms with Crippen LogP contribution in [0.5, 0.6) is 0 Å². The van der Waals surface area contributed by atoms with Crippen molar-refractivity contribution in [2.75, 3.05) is 11.5 Å². The van der Waals surface area contributed by atoms with E-state index < -0.39 is 0 Å². The molecule has 1 rings (SSSR count). The van der Waals surface area contributed by atoms with E-state index in [0.29, 0.717) is 5.69 Å². The van der Waals surface area contributed by atoms with E-state index >= 15 is 0 Å². The molecule has 0 spiro atoms. The van der Waals surface area contributed by atoms with E-state index in [1.54, 1.807) is 17.8 Å². The van der Waals surface area contributed by atoms with Crippen LogP contribution in [0.25, 0.3) is 0 Å². The quantitative estimate of drug-likeness (QED) is 0.406. The van der Waals surface area contributed by atoms with Crippen LogP contribution in [0, 0.1) is 0 Å². The van der Waals surface area contributed by atoms with E-state index in [4.69, 9.17) is 17.2 Å². The van der Waals surface area contributed by atoms with E-state index in [0.717, 1.165) is 17.0 Å². The van der Waals surface area contributed by atoms with Crippen molar-refractivity contribution in [2.24, 2.45) is 5.73 Å². The standard InChI is InChI=1S/C10H17N3S/c1-3-10(2,13)14-9-6-7(11)4-5-8(9)12/h4-6H,3,11-13H2,1-2H3. The summed E-state index contributed by atoms with van der Waals surface area (Å²) in [5, 5.41) is 0. The molecule has 0 bridgehead atoms. The molecule has 1 aromatic carbocycles. The topological polar surface area (TPSA) is 78.1 Å². The van der Waals surface area contributed by atoms with E-state index in [-0.39, 0.29) is 4.87 Å². The molecule has 0 fully saturated rings. The Balaban J connectivity index is 2.91. The SMILES string of the molecule is CCC(C)(N)Sc1cc(N)ccc1N. The van der Waals surface area contributed by atoms with Crippen LogP contribution in [-0.2, 0) is 0 Å². The number of benzene rings is 1. The maximum atomic E-state index is 6.03. The van der Waals surface area contributed by atoms with Crippen LogP contribution < -0.4 is 17.2 Å². The lowest BCUT2D eigenvalue weighted by Gasteiger charge is -2.22. The number of thioether (sulfide) groups is 1. The molecule has 1 unspecified atom stereocenters. The number of nitrogen functional groups attached to an aromatic ring is 2. The Kier molecular flexibility index (Phi) is 3.29. The highest BCUT2D eigenvalue weighted by Gasteiger charge is 2.18. The first kappa shape index (κ1) is 11.2. The molecule has 0 saturated heterocycles. The molecule has 0 aliphatic rings. The molecule has 1 atom stereocenters. The molecule has 0 heterocycles. The molecule has 0 aliphatic carbocycles. The maximum absolute atomic E-state index is 6.03. The van der Waals surface area contributed by atoms with Gasteiger partial charge in [0.05, 0.1) is 4.87 Å². The van der Waals surface area contributed by atoms with Gasteiger partial charge in [0.25, 0.3) is 0 Å². The van der Waals surface area contributed by atoms with Gasteiger partial charge < -0.3 is 17.2 Å². The van der Waals surface area contributed by atoms with Crippen LogP contribution in [-0.4, -0.2) is 4.87 Å². The largest absolute Gasteiger partial charge is 0.399 e. The number of hydrogen-bond acceptors (Lipinski definition) is 4. The number of hydrogen-bond donors (Lipinski definition) is 3. The fraction of sp³-hybridized carbons (Fsp3) is 0.400. The second-order valence-corrected chi connectivity index (χ2v) is 5.14. The molecular weight excluding hydrogens is 194 g/mol. The lowest BCUT2D eigenvalue weighted by molar-refractivity contribution is 0.651. The smallest absolute Gasteiger partial charge is 0.0636 e. The minimum absolute atomic E-state index is 0.290. The van der Waals surface area contributed by atoms with Crippen LogP contribution in [0.4, 0.5) is 11.4 Å². The van der Waals surface area contributed by atoms with E-state index in [1.807, 2.05) is 19.1 Å². The first-order valence-electron chi connectivity index (χ1n) is 4.57.